The fraction of sp³-hybridized carbons (Fsp3) is 0.533. The van der Waals surface area contributed by atoms with Gasteiger partial charge in [0.15, 0.2) is 6.29 Å². The minimum atomic E-state index is -3.60. The highest BCUT2D eigenvalue weighted by molar-refractivity contribution is 7.62. The first-order valence-corrected chi connectivity index (χ1v) is 8.07. The number of carbonyl (C=O) groups excluding carboxylic acids is 1. The van der Waals surface area contributed by atoms with Gasteiger partial charge in [0.05, 0.1) is 16.5 Å². The van der Waals surface area contributed by atoms with Crippen molar-refractivity contribution >= 4 is 19.2 Å². The van der Waals surface area contributed by atoms with E-state index >= 15 is 0 Å². The van der Waals surface area contributed by atoms with E-state index in [-0.39, 0.29) is 0 Å². The summed E-state index contributed by atoms with van der Waals surface area (Å²) in [5.41, 5.74) is -0.989. The second kappa shape index (κ2) is 5.80. The molecule has 5 heteroatoms. The fourth-order valence-corrected chi connectivity index (χ4v) is 4.06. The zero-order valence-electron chi connectivity index (χ0n) is 13.0. The summed E-state index contributed by atoms with van der Waals surface area (Å²) in [7, 11) is -3.60. The van der Waals surface area contributed by atoms with E-state index < -0.39 is 18.8 Å². The topological polar surface area (TPSA) is 52.6 Å². The third-order valence-corrected chi connectivity index (χ3v) is 4.72. The Balaban J connectivity index is 3.37. The molecule has 1 rings (SSSR count). The Morgan fingerprint density at radius 1 is 0.950 bits per heavy atom. The van der Waals surface area contributed by atoms with Gasteiger partial charge < -0.3 is 0 Å². The average molecular weight is 298 g/mol. The van der Waals surface area contributed by atoms with Crippen LogP contribution in [-0.4, -0.2) is 17.5 Å². The van der Waals surface area contributed by atoms with Crippen LogP contribution < -0.4 is 5.30 Å². The molecular formula is C15H23O4P. The van der Waals surface area contributed by atoms with Crippen molar-refractivity contribution in [2.24, 2.45) is 0 Å². The molecule has 20 heavy (non-hydrogen) atoms. The van der Waals surface area contributed by atoms with Crippen molar-refractivity contribution in [2.75, 3.05) is 0 Å². The maximum absolute atomic E-state index is 13.2. The van der Waals surface area contributed by atoms with E-state index in [1.165, 1.54) is 0 Å². The van der Waals surface area contributed by atoms with E-state index in [0.717, 1.165) is 0 Å². The molecule has 4 nitrogen and oxygen atoms in total. The van der Waals surface area contributed by atoms with Crippen LogP contribution in [-0.2, 0) is 13.6 Å². The Bertz CT molecular complexity index is 503. The van der Waals surface area contributed by atoms with Gasteiger partial charge in [0.25, 0.3) is 0 Å². The lowest BCUT2D eigenvalue weighted by Gasteiger charge is -2.32. The summed E-state index contributed by atoms with van der Waals surface area (Å²) in [6.07, 6.45) is 0.667. The van der Waals surface area contributed by atoms with Crippen LogP contribution >= 0.6 is 7.60 Å². The van der Waals surface area contributed by atoms with Crippen LogP contribution in [0.3, 0.4) is 0 Å². The first-order valence-electron chi connectivity index (χ1n) is 6.53. The number of hydrogen-bond donors (Lipinski definition) is 0. The van der Waals surface area contributed by atoms with Crippen molar-refractivity contribution in [1.29, 1.82) is 0 Å². The van der Waals surface area contributed by atoms with Gasteiger partial charge in [-0.3, -0.25) is 18.4 Å². The van der Waals surface area contributed by atoms with Gasteiger partial charge in [0, 0.05) is 5.56 Å². The van der Waals surface area contributed by atoms with Crippen LogP contribution in [0, 0.1) is 0 Å². The summed E-state index contributed by atoms with van der Waals surface area (Å²) < 4.78 is 24.6. The normalized spacial score (nSPS) is 13.3. The highest BCUT2D eigenvalue weighted by atomic mass is 31.2. The number of carbonyl (C=O) groups is 1. The third kappa shape index (κ3) is 4.86. The molecule has 0 aliphatic heterocycles. The molecule has 112 valence electrons. The van der Waals surface area contributed by atoms with Crippen LogP contribution in [0.1, 0.15) is 51.9 Å². The van der Waals surface area contributed by atoms with E-state index in [9.17, 15) is 9.36 Å². The van der Waals surface area contributed by atoms with Crippen LogP contribution in [0.15, 0.2) is 24.3 Å². The second-order valence-electron chi connectivity index (χ2n) is 6.58. The predicted octanol–water partition coefficient (Wildman–Crippen LogP) is 3.95. The summed E-state index contributed by atoms with van der Waals surface area (Å²) in [6, 6.07) is 6.65. The molecule has 0 bridgehead atoms. The molecule has 0 aromatic heterocycles. The van der Waals surface area contributed by atoms with Crippen LogP contribution in [0.4, 0.5) is 0 Å². The molecule has 0 saturated heterocycles. The lowest BCUT2D eigenvalue weighted by molar-refractivity contribution is 0.0547. The van der Waals surface area contributed by atoms with Gasteiger partial charge in [0.1, 0.15) is 0 Å². The van der Waals surface area contributed by atoms with Gasteiger partial charge in [-0.25, -0.2) is 0 Å². The summed E-state index contributed by atoms with van der Waals surface area (Å²) in [5.74, 6) is 0. The minimum Gasteiger partial charge on any atom is -0.299 e. The zero-order valence-corrected chi connectivity index (χ0v) is 13.9. The summed E-state index contributed by atoms with van der Waals surface area (Å²) in [5, 5.41) is 0.305. The first kappa shape index (κ1) is 17.1. The van der Waals surface area contributed by atoms with Crippen molar-refractivity contribution in [3.63, 3.8) is 0 Å². The molecule has 0 unspecified atom stereocenters. The molecule has 0 spiro atoms. The standard InChI is InChI=1S/C15H23O4P/c1-14(2,3)18-20(17,19-15(4,5)6)13-10-8-7-9-12(13)11-16/h7-11H,1-6H3. The SMILES string of the molecule is CC(C)(C)OP(=O)(OC(C)(C)C)c1ccccc1C=O. The summed E-state index contributed by atoms with van der Waals surface area (Å²) in [6.45, 7) is 10.8. The maximum atomic E-state index is 13.2. The van der Waals surface area contributed by atoms with Crippen molar-refractivity contribution < 1.29 is 18.4 Å². The molecule has 0 fully saturated rings. The van der Waals surface area contributed by atoms with Gasteiger partial charge in [-0.1, -0.05) is 18.2 Å². The molecule has 0 N–H and O–H groups in total. The highest BCUT2D eigenvalue weighted by Crippen LogP contribution is 2.53. The third-order valence-electron chi connectivity index (χ3n) is 2.15. The molecule has 1 aromatic rings. The van der Waals surface area contributed by atoms with E-state index in [1.54, 1.807) is 65.8 Å². The number of benzene rings is 1. The van der Waals surface area contributed by atoms with Crippen molar-refractivity contribution in [3.8, 4) is 0 Å². The van der Waals surface area contributed by atoms with Gasteiger partial charge in [0.2, 0.25) is 0 Å². The Morgan fingerprint density at radius 3 is 1.80 bits per heavy atom. The molecule has 0 heterocycles. The van der Waals surface area contributed by atoms with Gasteiger partial charge >= 0.3 is 7.60 Å². The Labute approximate surface area is 121 Å². The number of aldehydes is 1. The van der Waals surface area contributed by atoms with Crippen molar-refractivity contribution in [3.05, 3.63) is 29.8 Å². The Morgan fingerprint density at radius 2 is 1.40 bits per heavy atom. The van der Waals surface area contributed by atoms with E-state index in [1.807, 2.05) is 0 Å². The molecular weight excluding hydrogens is 275 g/mol. The first-order chi connectivity index (χ1) is 8.97. The summed E-state index contributed by atoms with van der Waals surface area (Å²) >= 11 is 0. The molecule has 0 atom stereocenters. The van der Waals surface area contributed by atoms with E-state index in [4.69, 9.17) is 9.05 Å². The molecule has 0 saturated carbocycles. The maximum Gasteiger partial charge on any atom is 0.363 e. The number of rotatable bonds is 4. The van der Waals surface area contributed by atoms with Gasteiger partial charge in [-0.2, -0.15) is 0 Å². The molecule has 0 radical (unpaired) electrons. The van der Waals surface area contributed by atoms with Crippen molar-refractivity contribution in [2.45, 2.75) is 52.7 Å². The van der Waals surface area contributed by atoms with Crippen LogP contribution in [0.2, 0.25) is 0 Å². The van der Waals surface area contributed by atoms with Gasteiger partial charge in [-0.05, 0) is 47.6 Å². The largest absolute Gasteiger partial charge is 0.363 e. The van der Waals surface area contributed by atoms with E-state index in [2.05, 4.69) is 0 Å². The van der Waals surface area contributed by atoms with Crippen LogP contribution in [0.5, 0.6) is 0 Å². The van der Waals surface area contributed by atoms with Crippen molar-refractivity contribution in [1.82, 2.24) is 0 Å². The van der Waals surface area contributed by atoms with Crippen LogP contribution in [0.25, 0.3) is 0 Å². The summed E-state index contributed by atoms with van der Waals surface area (Å²) in [4.78, 5) is 11.2. The number of hydrogen-bond acceptors (Lipinski definition) is 4. The second-order valence-corrected chi connectivity index (χ2v) is 8.42. The Hall–Kier alpha value is -0.960. The lowest BCUT2D eigenvalue weighted by Crippen LogP contribution is -2.29. The lowest BCUT2D eigenvalue weighted by atomic mass is 10.2. The average Bonchev–Trinajstić information content (AvgIpc) is 2.23. The monoisotopic (exact) mass is 298 g/mol. The smallest absolute Gasteiger partial charge is 0.299 e. The highest BCUT2D eigenvalue weighted by Gasteiger charge is 2.38. The molecule has 0 aliphatic carbocycles. The van der Waals surface area contributed by atoms with E-state index in [0.29, 0.717) is 17.2 Å². The molecule has 1 aromatic carbocycles. The zero-order chi connectivity index (χ0) is 15.6. The quantitative estimate of drug-likeness (QED) is 0.624. The Kier molecular flexibility index (Phi) is 4.96. The molecule has 0 amide bonds. The minimum absolute atomic E-state index is 0.305. The van der Waals surface area contributed by atoms with Gasteiger partial charge in [-0.15, -0.1) is 0 Å². The fourth-order valence-electron chi connectivity index (χ4n) is 1.67. The molecule has 0 aliphatic rings. The predicted molar refractivity (Wildman–Crippen MR) is 80.7 cm³/mol.